The van der Waals surface area contributed by atoms with Gasteiger partial charge in [-0.15, -0.1) is 0 Å². The monoisotopic (exact) mass is 1780 g/mol. The molecule has 29 nitrogen and oxygen atoms in total. The van der Waals surface area contributed by atoms with Crippen molar-refractivity contribution in [1.29, 1.82) is 15.8 Å². The van der Waals surface area contributed by atoms with Gasteiger partial charge < -0.3 is 65.5 Å². The van der Waals surface area contributed by atoms with Crippen molar-refractivity contribution in [3.63, 3.8) is 0 Å². The van der Waals surface area contributed by atoms with Crippen molar-refractivity contribution in [1.82, 2.24) is 0 Å². The highest BCUT2D eigenvalue weighted by Gasteiger charge is 2.42. The molecule has 0 amide bonds. The summed E-state index contributed by atoms with van der Waals surface area (Å²) in [6.45, 7) is 6.55. The second kappa shape index (κ2) is 45.6. The molecule has 12 rings (SSSR count). The number of esters is 9. The molecule has 0 spiro atoms. The number of hydrogen-bond donors (Lipinski definition) is 0. The second-order valence-electron chi connectivity index (χ2n) is 32.1. The molecule has 1 aliphatic heterocycles. The Morgan fingerprint density at radius 1 is 0.424 bits per heavy atom. The molecular weight excluding hydrogens is 1690 g/mol. The van der Waals surface area contributed by atoms with Crippen LogP contribution in [0.15, 0.2) is 279 Å². The van der Waals surface area contributed by atoms with Crippen LogP contribution in [0, 0.1) is 39.4 Å². The predicted octanol–water partition coefficient (Wildman–Crippen LogP) is 18.3. The number of hydrogen-bond acceptors (Lipinski definition) is 29. The van der Waals surface area contributed by atoms with Gasteiger partial charge in [0.25, 0.3) is 0 Å². The van der Waals surface area contributed by atoms with Crippen molar-refractivity contribution < 1.29 is 104 Å². The number of allylic oxidation sites excluding steroid dienone is 7. The van der Waals surface area contributed by atoms with Crippen molar-refractivity contribution in [3.8, 4) is 52.7 Å². The molecule has 4 heterocycles. The van der Waals surface area contributed by atoms with Crippen LogP contribution in [0.25, 0.3) is 39.0 Å². The van der Waals surface area contributed by atoms with E-state index >= 15 is 0 Å². The Bertz CT molecular complexity index is 6530. The fourth-order valence-corrected chi connectivity index (χ4v) is 14.6. The number of nitrogens with zero attached hydrogens (tertiary/aromatic N) is 4. The number of ether oxygens (including phenoxy) is 10. The molecule has 10 aromatic rings. The highest BCUT2D eigenvalue weighted by molar-refractivity contribution is 5.94. The van der Waals surface area contributed by atoms with Gasteiger partial charge in [-0.2, -0.15) is 15.8 Å². The maximum Gasteiger partial charge on any atom is 0.343 e. The molecule has 0 radical (unpaired) electrons. The van der Waals surface area contributed by atoms with Crippen molar-refractivity contribution in [3.05, 3.63) is 305 Å². The Morgan fingerprint density at radius 2 is 0.818 bits per heavy atom. The van der Waals surface area contributed by atoms with Crippen LogP contribution in [0.4, 0.5) is 5.69 Å². The van der Waals surface area contributed by atoms with E-state index in [4.69, 9.17) is 60.6 Å². The lowest BCUT2D eigenvalue weighted by atomic mass is 9.71. The van der Waals surface area contributed by atoms with Gasteiger partial charge in [0, 0.05) is 116 Å². The van der Waals surface area contributed by atoms with Crippen molar-refractivity contribution in [2.24, 2.45) is 5.41 Å². The Hall–Kier alpha value is -16.1. The third kappa shape index (κ3) is 27.5. The summed E-state index contributed by atoms with van der Waals surface area (Å²) in [7, 11) is 1.87. The van der Waals surface area contributed by atoms with Crippen LogP contribution in [0.3, 0.4) is 0 Å². The van der Waals surface area contributed by atoms with E-state index in [9.17, 15) is 73.3 Å². The van der Waals surface area contributed by atoms with Gasteiger partial charge >= 0.3 is 70.6 Å². The number of fused-ring (bicyclic) bond motifs is 3. The van der Waals surface area contributed by atoms with Crippen LogP contribution >= 0.6 is 0 Å². The van der Waals surface area contributed by atoms with Gasteiger partial charge in [-0.05, 0) is 245 Å². The minimum atomic E-state index is -1.23. The molecule has 1 aliphatic carbocycles. The molecule has 29 heteroatoms. The average Bonchev–Trinajstić information content (AvgIpc) is 1.61. The molecular formula is C103H92N4O25. The number of likely N-dealkylation sites (N-methyl/N-ethyl adjacent to an activating group) is 1. The fraction of sp³-hybridized carbons (Fsp3) is 0.272. The first-order valence-electron chi connectivity index (χ1n) is 42.8. The van der Waals surface area contributed by atoms with Crippen molar-refractivity contribution in [2.75, 3.05) is 38.3 Å². The standard InChI is InChI=1S/C103H92N4O25/c1-102(2)61-73(14-13-15-85-84(65-106)98(75(63-104)64-105)132-103(85,3)53-11-12-55-120-89(108)16-5-8-19-92(111)123-77-40-29-70(30-41-77)99(117)126-80-46-26-67-35-49-95(114)129-86(67)58-80)83(52-56-121-90(109)17-6-9-20-93(112)124-78-42-31-71(32-43-78)100(118)127-81-47-27-68-36-50-96(115)130-87(68)59-81)74(62-102)25-22-66-23-38-76(39-24-66)107(4)54-57-122-91(110)18-7-10-21-94(113)125-79-44-33-72(34-45-79)101(119)128-82-48-28-69-37-51-97(116)131-88(69)60-82/h13-15,22-51,58-60H,5-12,16-21,52-57,61-62H2,1-4H3/b15-13+,25-22+,73-14-. The predicted molar refractivity (Wildman–Crippen MR) is 482 cm³/mol. The van der Waals surface area contributed by atoms with E-state index in [1.54, 1.807) is 73.7 Å². The first-order valence-corrected chi connectivity index (χ1v) is 42.8. The van der Waals surface area contributed by atoms with E-state index in [2.05, 4.69) is 19.9 Å². The van der Waals surface area contributed by atoms with Gasteiger partial charge in [0.15, 0.2) is 11.3 Å². The van der Waals surface area contributed by atoms with E-state index in [0.29, 0.717) is 98.9 Å². The van der Waals surface area contributed by atoms with Crippen LogP contribution in [-0.2, 0) is 47.7 Å². The molecule has 2 aliphatic rings. The van der Waals surface area contributed by atoms with Gasteiger partial charge in [-0.3, -0.25) is 28.8 Å². The van der Waals surface area contributed by atoms with E-state index in [-0.39, 0.29) is 155 Å². The van der Waals surface area contributed by atoms with E-state index in [1.807, 2.05) is 66.6 Å². The van der Waals surface area contributed by atoms with Gasteiger partial charge in [0.2, 0.25) is 0 Å². The number of anilines is 1. The molecule has 0 saturated carbocycles. The van der Waals surface area contributed by atoms with E-state index in [1.165, 1.54) is 109 Å². The van der Waals surface area contributed by atoms with Gasteiger partial charge in [-0.1, -0.05) is 56.4 Å². The normalized spacial score (nSPS) is 14.2. The van der Waals surface area contributed by atoms with Crippen LogP contribution in [0.2, 0.25) is 0 Å². The topological polar surface area (TPSA) is 411 Å². The zero-order valence-corrected chi connectivity index (χ0v) is 72.8. The third-order valence-electron chi connectivity index (χ3n) is 21.5. The number of benzene rings is 7. The maximum atomic E-state index is 13.5. The summed E-state index contributed by atoms with van der Waals surface area (Å²) in [5, 5.41) is 32.8. The van der Waals surface area contributed by atoms with Crippen LogP contribution < -0.4 is 50.2 Å². The highest BCUT2D eigenvalue weighted by Crippen LogP contribution is 2.46. The number of rotatable bonds is 40. The molecule has 0 saturated heterocycles. The zero-order valence-electron chi connectivity index (χ0n) is 72.8. The largest absolute Gasteiger partial charge is 0.479 e. The summed E-state index contributed by atoms with van der Waals surface area (Å²) in [4.78, 5) is 153. The summed E-state index contributed by atoms with van der Waals surface area (Å²) in [5.41, 5.74) is 2.64. The third-order valence-corrected chi connectivity index (χ3v) is 21.5. The Morgan fingerprint density at radius 3 is 1.23 bits per heavy atom. The van der Waals surface area contributed by atoms with Crippen LogP contribution in [-0.4, -0.2) is 92.7 Å². The SMILES string of the molecule is CN(CCOC(=O)CCCCC(=O)Oc1ccc(C(=O)Oc2ccc3ccc(=O)oc3c2)cc1)c1ccc(/C=C/C2=C(CCOC(=O)CCCCC(=O)Oc3ccc(C(=O)Oc4ccc5ccc(=O)oc5c4)cc3)C(=C\C=C\C3=C(C#N)C(=C(C#N)C#N)OC3(C)CCCCOC(=O)CCCCC(=O)Oc3ccc(C(=O)Oc4ccc5ccc(=O)oc5c4)cc3)/CC(C)(C)C2)cc1. The second-order valence-corrected chi connectivity index (χ2v) is 32.1. The number of nitriles is 3. The summed E-state index contributed by atoms with van der Waals surface area (Å²) in [6.07, 6.45) is 14.2. The molecule has 7 aromatic carbocycles. The smallest absolute Gasteiger partial charge is 0.343 e. The minimum Gasteiger partial charge on any atom is -0.479 e. The molecule has 132 heavy (non-hydrogen) atoms. The first-order chi connectivity index (χ1) is 63.6. The number of carbonyl (C=O) groups excluding carboxylic acids is 9. The van der Waals surface area contributed by atoms with Gasteiger partial charge in [-0.25, -0.2) is 28.8 Å². The highest BCUT2D eigenvalue weighted by atomic mass is 16.6. The maximum absolute atomic E-state index is 13.5. The molecule has 3 aromatic heterocycles. The van der Waals surface area contributed by atoms with Crippen molar-refractivity contribution >= 4 is 98.4 Å². The number of carbonyl (C=O) groups is 9. The number of unbranched alkanes of at least 4 members (excludes halogenated alkanes) is 4. The summed E-state index contributed by atoms with van der Waals surface area (Å²) >= 11 is 0. The lowest BCUT2D eigenvalue weighted by Gasteiger charge is -2.34. The van der Waals surface area contributed by atoms with Crippen LogP contribution in [0.5, 0.6) is 34.5 Å². The first kappa shape index (κ1) is 95.0. The molecule has 0 N–H and O–H groups in total. The van der Waals surface area contributed by atoms with Gasteiger partial charge in [0.1, 0.15) is 87.2 Å². The van der Waals surface area contributed by atoms with E-state index < -0.39 is 76.2 Å². The molecule has 0 bridgehead atoms. The van der Waals surface area contributed by atoms with Gasteiger partial charge in [0.05, 0.1) is 36.4 Å². The molecule has 1 unspecified atom stereocenters. The Balaban J connectivity index is 0.627. The molecule has 674 valence electrons. The lowest BCUT2D eigenvalue weighted by Crippen LogP contribution is -2.26. The molecule has 0 fully saturated rings. The van der Waals surface area contributed by atoms with Crippen LogP contribution in [0.1, 0.15) is 173 Å². The Labute approximate surface area is 757 Å². The fourth-order valence-electron chi connectivity index (χ4n) is 14.6. The summed E-state index contributed by atoms with van der Waals surface area (Å²) in [6, 6.07) is 53.7. The summed E-state index contributed by atoms with van der Waals surface area (Å²) in [5.74, 6) is -4.12. The van der Waals surface area contributed by atoms with E-state index in [0.717, 1.165) is 28.0 Å². The average molecular weight is 1790 g/mol. The minimum absolute atomic E-state index is 0.000460. The quantitative estimate of drug-likeness (QED) is 0.00859. The Kier molecular flexibility index (Phi) is 32.8. The summed E-state index contributed by atoms with van der Waals surface area (Å²) < 4.78 is 71.7. The lowest BCUT2D eigenvalue weighted by molar-refractivity contribution is -0.144. The zero-order chi connectivity index (χ0) is 93.7. The van der Waals surface area contributed by atoms with Crippen molar-refractivity contribution in [2.45, 2.75) is 142 Å². The molecule has 1 atom stereocenters.